The topological polar surface area (TPSA) is 39.2 Å². The van der Waals surface area contributed by atoms with Crippen molar-refractivity contribution in [1.82, 2.24) is 4.98 Å². The minimum Gasteiger partial charge on any atom is -0.449 e. The molecule has 0 bridgehead atoms. The fourth-order valence-corrected chi connectivity index (χ4v) is 6.37. The van der Waals surface area contributed by atoms with E-state index in [-0.39, 0.29) is 5.97 Å². The molecule has 0 fully saturated rings. The van der Waals surface area contributed by atoms with Crippen LogP contribution in [0.3, 0.4) is 0 Å². The number of rotatable bonds is 3. The van der Waals surface area contributed by atoms with E-state index in [9.17, 15) is 4.79 Å². The van der Waals surface area contributed by atoms with Crippen LogP contribution in [0, 0.1) is 11.5 Å². The van der Waals surface area contributed by atoms with Gasteiger partial charge in [-0.15, -0.1) is 5.54 Å². The Balaban J connectivity index is 2.16. The monoisotopic (exact) mass is 341 g/mol. The van der Waals surface area contributed by atoms with Crippen LogP contribution in [0.4, 0.5) is 0 Å². The SMILES string of the molecule is CC[Si](C#Cc1nc2c(c3c1CCC3)C(=O)OC2(C)C)(CC)CC. The summed E-state index contributed by atoms with van der Waals surface area (Å²) in [6, 6.07) is 3.56. The van der Waals surface area contributed by atoms with Crippen molar-refractivity contribution in [2.75, 3.05) is 0 Å². The van der Waals surface area contributed by atoms with Crippen molar-refractivity contribution in [3.8, 4) is 11.5 Å². The molecule has 1 aliphatic heterocycles. The Hall–Kier alpha value is -1.60. The number of ether oxygens (including phenoxy) is 1. The molecule has 0 spiro atoms. The number of aromatic nitrogens is 1. The van der Waals surface area contributed by atoms with Gasteiger partial charge in [-0.25, -0.2) is 9.78 Å². The first kappa shape index (κ1) is 17.2. The number of carbonyl (C=O) groups excluding carboxylic acids is 1. The molecule has 3 nitrogen and oxygen atoms in total. The van der Waals surface area contributed by atoms with Crippen molar-refractivity contribution in [3.05, 3.63) is 28.1 Å². The Morgan fingerprint density at radius 3 is 2.38 bits per heavy atom. The standard InChI is InChI=1S/C20H27NO2Si/c1-6-24(7-2,8-3)13-12-16-14-10-9-11-15(14)17-18(21-16)20(4,5)23-19(17)22/h6-11H2,1-5H3. The predicted molar refractivity (Wildman–Crippen MR) is 98.8 cm³/mol. The van der Waals surface area contributed by atoms with Crippen molar-refractivity contribution < 1.29 is 9.53 Å². The Bertz CT molecular complexity index is 743. The van der Waals surface area contributed by atoms with Gasteiger partial charge in [0.2, 0.25) is 0 Å². The van der Waals surface area contributed by atoms with Crippen LogP contribution in [-0.2, 0) is 23.2 Å². The van der Waals surface area contributed by atoms with Gasteiger partial charge in [-0.3, -0.25) is 0 Å². The van der Waals surface area contributed by atoms with Gasteiger partial charge in [0, 0.05) is 0 Å². The molecule has 0 unspecified atom stereocenters. The molecule has 0 aromatic carbocycles. The lowest BCUT2D eigenvalue weighted by Crippen LogP contribution is -2.29. The molecule has 4 heteroatoms. The molecule has 1 aromatic heterocycles. The smallest absolute Gasteiger partial charge is 0.341 e. The first-order chi connectivity index (χ1) is 11.4. The minimum atomic E-state index is -1.51. The van der Waals surface area contributed by atoms with Crippen molar-refractivity contribution in [2.24, 2.45) is 0 Å². The number of fused-ring (bicyclic) bond motifs is 3. The quantitative estimate of drug-likeness (QED) is 0.465. The second-order valence-electron chi connectivity index (χ2n) is 7.49. The molecular weight excluding hydrogens is 314 g/mol. The first-order valence-electron chi connectivity index (χ1n) is 9.20. The van der Waals surface area contributed by atoms with E-state index >= 15 is 0 Å². The molecule has 0 radical (unpaired) electrons. The third-order valence-corrected chi connectivity index (χ3v) is 10.6. The molecule has 0 N–H and O–H groups in total. The molecule has 0 saturated heterocycles. The van der Waals surface area contributed by atoms with Gasteiger partial charge in [0.15, 0.2) is 0 Å². The Morgan fingerprint density at radius 1 is 1.12 bits per heavy atom. The molecule has 1 aliphatic carbocycles. The van der Waals surface area contributed by atoms with E-state index in [1.54, 1.807) is 0 Å². The molecular formula is C20H27NO2Si. The number of carbonyl (C=O) groups is 1. The number of nitrogens with zero attached hydrogens (tertiary/aromatic N) is 1. The van der Waals surface area contributed by atoms with E-state index in [4.69, 9.17) is 9.72 Å². The summed E-state index contributed by atoms with van der Waals surface area (Å²) in [7, 11) is -1.51. The van der Waals surface area contributed by atoms with Gasteiger partial charge in [0.05, 0.1) is 11.3 Å². The minimum absolute atomic E-state index is 0.209. The number of hydrogen-bond acceptors (Lipinski definition) is 3. The summed E-state index contributed by atoms with van der Waals surface area (Å²) < 4.78 is 5.57. The maximum atomic E-state index is 12.3. The second-order valence-corrected chi connectivity index (χ2v) is 12.4. The lowest BCUT2D eigenvalue weighted by atomic mass is 9.95. The average Bonchev–Trinajstić information content (AvgIpc) is 3.12. The molecule has 0 saturated carbocycles. The number of pyridine rings is 1. The maximum Gasteiger partial charge on any atom is 0.341 e. The highest BCUT2D eigenvalue weighted by molar-refractivity contribution is 6.87. The molecule has 128 valence electrons. The van der Waals surface area contributed by atoms with E-state index in [0.717, 1.165) is 41.8 Å². The van der Waals surface area contributed by atoms with Crippen LogP contribution in [0.25, 0.3) is 0 Å². The lowest BCUT2D eigenvalue weighted by Gasteiger charge is -2.20. The highest BCUT2D eigenvalue weighted by Gasteiger charge is 2.43. The normalized spacial score (nSPS) is 17.8. The zero-order chi connectivity index (χ0) is 17.5. The van der Waals surface area contributed by atoms with Gasteiger partial charge in [-0.05, 0) is 62.4 Å². The van der Waals surface area contributed by atoms with Crippen LogP contribution >= 0.6 is 0 Å². The molecule has 2 aliphatic rings. The fraction of sp³-hybridized carbons (Fsp3) is 0.600. The fourth-order valence-electron chi connectivity index (χ4n) is 3.96. The van der Waals surface area contributed by atoms with E-state index in [2.05, 4.69) is 32.2 Å². The number of esters is 1. The van der Waals surface area contributed by atoms with Crippen molar-refractivity contribution in [2.45, 2.75) is 77.6 Å². The highest BCUT2D eigenvalue weighted by Crippen LogP contribution is 2.40. The van der Waals surface area contributed by atoms with Gasteiger partial charge in [-0.1, -0.05) is 26.7 Å². The van der Waals surface area contributed by atoms with Gasteiger partial charge in [0.25, 0.3) is 0 Å². The first-order valence-corrected chi connectivity index (χ1v) is 11.8. The molecule has 0 amide bonds. The second kappa shape index (κ2) is 6.04. The van der Waals surface area contributed by atoms with Crippen LogP contribution in [0.1, 0.15) is 73.9 Å². The summed E-state index contributed by atoms with van der Waals surface area (Å²) in [6.45, 7) is 10.6. The van der Waals surface area contributed by atoms with E-state index in [1.165, 1.54) is 23.7 Å². The van der Waals surface area contributed by atoms with Crippen LogP contribution in [0.15, 0.2) is 0 Å². The molecule has 0 atom stereocenters. The van der Waals surface area contributed by atoms with Gasteiger partial charge >= 0.3 is 5.97 Å². The molecule has 24 heavy (non-hydrogen) atoms. The largest absolute Gasteiger partial charge is 0.449 e. The highest BCUT2D eigenvalue weighted by atomic mass is 28.3. The summed E-state index contributed by atoms with van der Waals surface area (Å²) in [5, 5.41) is 0. The lowest BCUT2D eigenvalue weighted by molar-refractivity contribution is 0.00827. The Kier molecular flexibility index (Phi) is 4.33. The number of cyclic esters (lactones) is 1. The Morgan fingerprint density at radius 2 is 1.75 bits per heavy atom. The van der Waals surface area contributed by atoms with E-state index < -0.39 is 13.7 Å². The average molecular weight is 342 g/mol. The van der Waals surface area contributed by atoms with Crippen LogP contribution in [0.5, 0.6) is 0 Å². The van der Waals surface area contributed by atoms with Crippen LogP contribution < -0.4 is 0 Å². The third-order valence-electron chi connectivity index (χ3n) is 5.86. The van der Waals surface area contributed by atoms with Crippen LogP contribution in [0.2, 0.25) is 18.1 Å². The third kappa shape index (κ3) is 2.59. The molecule has 2 heterocycles. The van der Waals surface area contributed by atoms with Crippen LogP contribution in [-0.4, -0.2) is 19.0 Å². The van der Waals surface area contributed by atoms with Gasteiger partial charge in [0.1, 0.15) is 19.4 Å². The van der Waals surface area contributed by atoms with Crippen molar-refractivity contribution in [3.63, 3.8) is 0 Å². The number of hydrogen-bond donors (Lipinski definition) is 0. The zero-order valence-corrected chi connectivity index (χ0v) is 16.5. The van der Waals surface area contributed by atoms with E-state index in [1.807, 2.05) is 13.8 Å². The molecule has 3 rings (SSSR count). The summed E-state index contributed by atoms with van der Waals surface area (Å²) >= 11 is 0. The summed E-state index contributed by atoms with van der Waals surface area (Å²) in [5.41, 5.74) is 7.78. The molecule has 1 aromatic rings. The van der Waals surface area contributed by atoms with Gasteiger partial charge in [-0.2, -0.15) is 0 Å². The van der Waals surface area contributed by atoms with Crippen molar-refractivity contribution in [1.29, 1.82) is 0 Å². The maximum absolute atomic E-state index is 12.3. The zero-order valence-electron chi connectivity index (χ0n) is 15.5. The summed E-state index contributed by atoms with van der Waals surface area (Å²) in [6.07, 6.45) is 3.00. The van der Waals surface area contributed by atoms with Gasteiger partial charge < -0.3 is 4.74 Å². The van der Waals surface area contributed by atoms with E-state index in [0.29, 0.717) is 0 Å². The van der Waals surface area contributed by atoms with Crippen molar-refractivity contribution >= 4 is 14.0 Å². The summed E-state index contributed by atoms with van der Waals surface area (Å²) in [4.78, 5) is 17.2. The summed E-state index contributed by atoms with van der Waals surface area (Å²) in [5.74, 6) is 3.25. The Labute approximate surface area is 146 Å². The predicted octanol–water partition coefficient (Wildman–Crippen LogP) is 4.38.